The molecule has 1 saturated heterocycles. The van der Waals surface area contributed by atoms with Gasteiger partial charge in [-0.3, -0.25) is 14.9 Å². The number of aromatic nitrogens is 2. The molecule has 10 nitrogen and oxygen atoms in total. The number of piperidine rings is 1. The number of pyridine rings is 1. The summed E-state index contributed by atoms with van der Waals surface area (Å²) in [5, 5.41) is 14.2. The second-order valence-corrected chi connectivity index (χ2v) is 10.9. The van der Waals surface area contributed by atoms with E-state index in [2.05, 4.69) is 10.4 Å². The lowest BCUT2D eigenvalue weighted by molar-refractivity contribution is -0.388. The molecule has 0 aliphatic carbocycles. The maximum Gasteiger partial charge on any atom is 0.301 e. The van der Waals surface area contributed by atoms with Crippen molar-refractivity contribution in [3.8, 4) is 28.6 Å². The highest BCUT2D eigenvalue weighted by atomic mass is 32.2. The van der Waals surface area contributed by atoms with E-state index in [-0.39, 0.29) is 28.4 Å². The second kappa shape index (κ2) is 10.9. The third-order valence-corrected chi connectivity index (χ3v) is 8.46. The summed E-state index contributed by atoms with van der Waals surface area (Å²) in [4.78, 5) is 34.9. The average molecular weight is 543 g/mol. The molecule has 2 aliphatic rings. The minimum absolute atomic E-state index is 0.0570. The number of hydrogen-bond donors (Lipinski definition) is 0. The molecular weight excluding hydrogens is 516 g/mol. The lowest BCUT2D eigenvalue weighted by Crippen LogP contribution is -2.41. The first kappa shape index (κ1) is 25.3. The summed E-state index contributed by atoms with van der Waals surface area (Å²) in [6.07, 6.45) is 1.63. The van der Waals surface area contributed by atoms with E-state index < -0.39 is 10.2 Å². The largest absolute Gasteiger partial charge is 0.486 e. The van der Waals surface area contributed by atoms with Crippen molar-refractivity contribution in [1.29, 1.82) is 0 Å². The minimum atomic E-state index is -0.517. The van der Waals surface area contributed by atoms with Crippen LogP contribution in [-0.2, 0) is 4.79 Å². The molecule has 1 fully saturated rings. The van der Waals surface area contributed by atoms with Gasteiger partial charge in [0.1, 0.15) is 13.2 Å². The second-order valence-electron chi connectivity index (χ2n) is 8.72. The highest BCUT2D eigenvalue weighted by Gasteiger charge is 2.30. The molecule has 5 rings (SSSR count). The molecule has 0 radical (unpaired) electrons. The number of fused-ring (bicyclic) bond motifs is 1. The fourth-order valence-corrected chi connectivity index (χ4v) is 6.38. The molecular formula is C25H26N4O6S2. The zero-order valence-electron chi connectivity index (χ0n) is 20.4. The van der Waals surface area contributed by atoms with Gasteiger partial charge in [-0.05, 0) is 38.0 Å². The molecule has 194 valence electrons. The molecule has 0 bridgehead atoms. The van der Waals surface area contributed by atoms with Gasteiger partial charge in [0, 0.05) is 42.1 Å². The van der Waals surface area contributed by atoms with Gasteiger partial charge < -0.3 is 19.1 Å². The quantitative estimate of drug-likeness (QED) is 0.236. The van der Waals surface area contributed by atoms with E-state index in [0.717, 1.165) is 52.4 Å². The number of nitrogens with zero attached hydrogens (tertiary/aromatic N) is 4. The molecule has 2 aromatic heterocycles. The fraction of sp³-hybridized carbons (Fsp3) is 0.400. The fourth-order valence-electron chi connectivity index (χ4n) is 4.39. The van der Waals surface area contributed by atoms with Crippen molar-refractivity contribution in [2.75, 3.05) is 33.4 Å². The van der Waals surface area contributed by atoms with Crippen molar-refractivity contribution in [3.63, 3.8) is 0 Å². The Morgan fingerprint density at radius 1 is 1.19 bits per heavy atom. The van der Waals surface area contributed by atoms with Crippen LogP contribution in [0.3, 0.4) is 0 Å². The van der Waals surface area contributed by atoms with Crippen molar-refractivity contribution >= 4 is 34.7 Å². The van der Waals surface area contributed by atoms with Crippen molar-refractivity contribution in [3.05, 3.63) is 50.8 Å². The van der Waals surface area contributed by atoms with Gasteiger partial charge in [-0.1, -0.05) is 11.8 Å². The Bertz CT molecular complexity index is 1310. The van der Waals surface area contributed by atoms with Crippen LogP contribution in [0.5, 0.6) is 17.4 Å². The molecule has 37 heavy (non-hydrogen) atoms. The first-order valence-electron chi connectivity index (χ1n) is 11.9. The number of carbonyl (C=O) groups is 1. The summed E-state index contributed by atoms with van der Waals surface area (Å²) in [7, 11) is 1.45. The van der Waals surface area contributed by atoms with Crippen LogP contribution >= 0.6 is 23.1 Å². The van der Waals surface area contributed by atoms with Gasteiger partial charge in [0.2, 0.25) is 11.8 Å². The van der Waals surface area contributed by atoms with Gasteiger partial charge in [-0.2, -0.15) is 4.98 Å². The normalized spacial score (nSPS) is 16.3. The predicted octanol–water partition coefficient (Wildman–Crippen LogP) is 4.78. The molecule has 12 heteroatoms. The predicted molar refractivity (Wildman–Crippen MR) is 140 cm³/mol. The first-order valence-corrected chi connectivity index (χ1v) is 13.7. The van der Waals surface area contributed by atoms with Crippen LogP contribution in [0, 0.1) is 10.1 Å². The molecule has 1 unspecified atom stereocenters. The Balaban J connectivity index is 1.20. The van der Waals surface area contributed by atoms with Crippen LogP contribution in [0.4, 0.5) is 5.69 Å². The van der Waals surface area contributed by atoms with Gasteiger partial charge in [-0.25, -0.2) is 4.98 Å². The number of thioether (sulfide) groups is 1. The van der Waals surface area contributed by atoms with Crippen LogP contribution in [0.2, 0.25) is 0 Å². The monoisotopic (exact) mass is 542 g/mol. The van der Waals surface area contributed by atoms with Crippen molar-refractivity contribution in [2.45, 2.75) is 36.0 Å². The molecule has 4 heterocycles. The van der Waals surface area contributed by atoms with Crippen LogP contribution in [0.15, 0.2) is 40.7 Å². The Labute approximate surface area is 222 Å². The number of carbonyl (C=O) groups excluding carboxylic acids is 1. The van der Waals surface area contributed by atoms with E-state index >= 15 is 0 Å². The summed E-state index contributed by atoms with van der Waals surface area (Å²) in [6, 6.07) is 8.67. The molecule has 0 spiro atoms. The van der Waals surface area contributed by atoms with Gasteiger partial charge in [0.15, 0.2) is 16.5 Å². The van der Waals surface area contributed by atoms with E-state index in [1.165, 1.54) is 19.2 Å². The number of amides is 1. The number of ether oxygens (including phenoxy) is 3. The number of thiazole rings is 1. The summed E-state index contributed by atoms with van der Waals surface area (Å²) >= 11 is 2.72. The van der Waals surface area contributed by atoms with Crippen LogP contribution in [0.25, 0.3) is 11.3 Å². The topological polar surface area (TPSA) is 117 Å². The summed E-state index contributed by atoms with van der Waals surface area (Å²) in [5.41, 5.74) is 1.76. The Kier molecular flexibility index (Phi) is 7.47. The van der Waals surface area contributed by atoms with Crippen LogP contribution < -0.4 is 14.2 Å². The van der Waals surface area contributed by atoms with Crippen LogP contribution in [0.1, 0.15) is 30.7 Å². The third kappa shape index (κ3) is 5.49. The Morgan fingerprint density at radius 3 is 2.68 bits per heavy atom. The number of nitro groups is 1. The molecule has 0 saturated carbocycles. The maximum atomic E-state index is 13.1. The Morgan fingerprint density at radius 2 is 1.95 bits per heavy atom. The van der Waals surface area contributed by atoms with E-state index in [4.69, 9.17) is 19.2 Å². The molecule has 2 aliphatic heterocycles. The lowest BCUT2D eigenvalue weighted by Gasteiger charge is -2.32. The zero-order valence-corrected chi connectivity index (χ0v) is 22.0. The van der Waals surface area contributed by atoms with Crippen molar-refractivity contribution in [1.82, 2.24) is 14.9 Å². The number of hydrogen-bond acceptors (Lipinski definition) is 10. The van der Waals surface area contributed by atoms with Gasteiger partial charge in [0.05, 0.1) is 28.0 Å². The minimum Gasteiger partial charge on any atom is -0.486 e. The first-order chi connectivity index (χ1) is 17.9. The van der Waals surface area contributed by atoms with Gasteiger partial charge in [-0.15, -0.1) is 11.3 Å². The highest BCUT2D eigenvalue weighted by Crippen LogP contribution is 2.38. The van der Waals surface area contributed by atoms with Gasteiger partial charge in [0.25, 0.3) is 0 Å². The van der Waals surface area contributed by atoms with E-state index in [1.54, 1.807) is 18.3 Å². The van der Waals surface area contributed by atoms with Crippen LogP contribution in [-0.4, -0.2) is 64.4 Å². The molecule has 1 aromatic carbocycles. The van der Waals surface area contributed by atoms with Gasteiger partial charge >= 0.3 is 5.69 Å². The third-order valence-electron chi connectivity index (χ3n) is 6.37. The van der Waals surface area contributed by atoms with Crippen molar-refractivity contribution in [2.24, 2.45) is 0 Å². The molecule has 1 amide bonds. The Hall–Kier alpha value is -3.38. The average Bonchev–Trinajstić information content (AvgIpc) is 3.42. The van der Waals surface area contributed by atoms with E-state index in [1.807, 2.05) is 23.1 Å². The number of benzene rings is 1. The molecule has 1 atom stereocenters. The smallest absolute Gasteiger partial charge is 0.301 e. The maximum absolute atomic E-state index is 13.1. The summed E-state index contributed by atoms with van der Waals surface area (Å²) in [6.45, 7) is 4.08. The van der Waals surface area contributed by atoms with Crippen molar-refractivity contribution < 1.29 is 23.9 Å². The van der Waals surface area contributed by atoms with E-state index in [0.29, 0.717) is 26.3 Å². The number of likely N-dealkylation sites (tertiary alicyclic amines) is 1. The molecule has 3 aromatic rings. The zero-order chi connectivity index (χ0) is 25.9. The molecule has 0 N–H and O–H groups in total. The summed E-state index contributed by atoms with van der Waals surface area (Å²) in [5.74, 6) is 1.99. The standard InChI is InChI=1S/C25H26N4O6S2/c1-15(37-24-19(29(31)32)4-6-22(27-24)33-2)25(30)28-9-7-16(8-10-28)23-26-18(14-36-23)17-3-5-20-21(13-17)35-12-11-34-20/h3-6,13-16H,7-12H2,1-2H3. The number of methoxy groups -OCH3 is 1. The SMILES string of the molecule is COc1ccc([N+](=O)[O-])c(SC(C)C(=O)N2CCC(c3nc(-c4ccc5c(c4)OCCO5)cs3)CC2)n1. The van der Waals surface area contributed by atoms with E-state index in [9.17, 15) is 14.9 Å². The number of rotatable bonds is 7. The highest BCUT2D eigenvalue weighted by molar-refractivity contribution is 8.00. The summed E-state index contributed by atoms with van der Waals surface area (Å²) < 4.78 is 16.4. The lowest BCUT2D eigenvalue weighted by atomic mass is 9.97.